The van der Waals surface area contributed by atoms with Gasteiger partial charge in [-0.25, -0.2) is 4.98 Å². The van der Waals surface area contributed by atoms with E-state index < -0.39 is 6.04 Å². The second-order valence-electron chi connectivity index (χ2n) is 6.96. The molecule has 4 rings (SSSR count). The van der Waals surface area contributed by atoms with Crippen LogP contribution in [0.2, 0.25) is 0 Å². The van der Waals surface area contributed by atoms with E-state index in [4.69, 9.17) is 0 Å². The average molecular weight is 411 g/mol. The molecule has 31 heavy (non-hydrogen) atoms. The van der Waals surface area contributed by atoms with Crippen LogP contribution in [0.4, 0.5) is 5.69 Å². The highest BCUT2D eigenvalue weighted by Crippen LogP contribution is 2.21. The number of hydrogen-bond donors (Lipinski definition) is 2. The Morgan fingerprint density at radius 3 is 2.23 bits per heavy atom. The summed E-state index contributed by atoms with van der Waals surface area (Å²) in [5.74, 6) is 0.190. The van der Waals surface area contributed by atoms with Crippen LogP contribution in [0.3, 0.4) is 0 Å². The maximum atomic E-state index is 12.9. The molecule has 0 spiro atoms. The zero-order chi connectivity index (χ0) is 21.6. The van der Waals surface area contributed by atoms with Crippen molar-refractivity contribution in [1.29, 1.82) is 0 Å². The molecule has 7 heteroatoms. The molecule has 2 N–H and O–H groups in total. The van der Waals surface area contributed by atoms with Crippen LogP contribution in [0.25, 0.3) is 0 Å². The highest BCUT2D eigenvalue weighted by molar-refractivity contribution is 6.03. The molecule has 0 saturated carbocycles. The number of nitrogens with zero attached hydrogens (tertiary/aromatic N) is 3. The zero-order valence-electron chi connectivity index (χ0n) is 16.9. The molecule has 4 aromatic rings. The number of pyridine rings is 1. The SMILES string of the molecule is Cn1ccnc1C(NC(=O)c1ccc(NC(=O)c2ccccn2)cc1)c1ccccc1. The van der Waals surface area contributed by atoms with Crippen molar-refractivity contribution in [3.05, 3.63) is 114 Å². The molecule has 0 aliphatic heterocycles. The van der Waals surface area contributed by atoms with Crippen LogP contribution in [0.5, 0.6) is 0 Å². The molecular formula is C24H21N5O2. The van der Waals surface area contributed by atoms with Crippen molar-refractivity contribution in [2.24, 2.45) is 7.05 Å². The first-order valence-corrected chi connectivity index (χ1v) is 9.77. The molecule has 1 atom stereocenters. The molecule has 0 bridgehead atoms. The van der Waals surface area contributed by atoms with Crippen LogP contribution >= 0.6 is 0 Å². The fourth-order valence-corrected chi connectivity index (χ4v) is 3.21. The van der Waals surface area contributed by atoms with Crippen molar-refractivity contribution in [1.82, 2.24) is 19.9 Å². The van der Waals surface area contributed by atoms with Gasteiger partial charge in [0.25, 0.3) is 11.8 Å². The summed E-state index contributed by atoms with van der Waals surface area (Å²) in [5, 5.41) is 5.83. The molecule has 0 radical (unpaired) electrons. The number of benzene rings is 2. The lowest BCUT2D eigenvalue weighted by Crippen LogP contribution is -2.31. The molecule has 2 aromatic heterocycles. The summed E-state index contributed by atoms with van der Waals surface area (Å²) in [6.07, 6.45) is 5.11. The molecule has 154 valence electrons. The second kappa shape index (κ2) is 9.04. The summed E-state index contributed by atoms with van der Waals surface area (Å²) in [6.45, 7) is 0. The van der Waals surface area contributed by atoms with Gasteiger partial charge in [-0.2, -0.15) is 0 Å². The number of aromatic nitrogens is 3. The quantitative estimate of drug-likeness (QED) is 0.508. The Labute approximate surface area is 179 Å². The van der Waals surface area contributed by atoms with Gasteiger partial charge in [-0.3, -0.25) is 14.6 Å². The second-order valence-corrected chi connectivity index (χ2v) is 6.96. The highest BCUT2D eigenvalue weighted by Gasteiger charge is 2.21. The molecule has 0 aliphatic rings. The van der Waals surface area contributed by atoms with Gasteiger partial charge in [0, 0.05) is 36.9 Å². The summed E-state index contributed by atoms with van der Waals surface area (Å²) in [6, 6.07) is 21.2. The molecule has 2 aromatic carbocycles. The summed E-state index contributed by atoms with van der Waals surface area (Å²) in [7, 11) is 1.89. The van der Waals surface area contributed by atoms with Crippen molar-refractivity contribution in [2.75, 3.05) is 5.32 Å². The minimum atomic E-state index is -0.391. The fourth-order valence-electron chi connectivity index (χ4n) is 3.21. The Hall–Kier alpha value is -4.26. The summed E-state index contributed by atoms with van der Waals surface area (Å²) in [4.78, 5) is 33.6. The van der Waals surface area contributed by atoms with E-state index >= 15 is 0 Å². The van der Waals surface area contributed by atoms with E-state index in [0.717, 1.165) is 11.4 Å². The van der Waals surface area contributed by atoms with Gasteiger partial charge in [0.2, 0.25) is 0 Å². The van der Waals surface area contributed by atoms with Crippen molar-refractivity contribution < 1.29 is 9.59 Å². The smallest absolute Gasteiger partial charge is 0.274 e. The summed E-state index contributed by atoms with van der Waals surface area (Å²) >= 11 is 0. The van der Waals surface area contributed by atoms with E-state index in [1.807, 2.05) is 48.1 Å². The van der Waals surface area contributed by atoms with Gasteiger partial charge in [0.15, 0.2) is 0 Å². The van der Waals surface area contributed by atoms with Gasteiger partial charge in [-0.05, 0) is 42.0 Å². The van der Waals surface area contributed by atoms with E-state index in [1.54, 1.807) is 54.9 Å². The monoisotopic (exact) mass is 411 g/mol. The molecule has 0 fully saturated rings. The Morgan fingerprint density at radius 1 is 0.839 bits per heavy atom. The number of rotatable bonds is 6. The maximum Gasteiger partial charge on any atom is 0.274 e. The van der Waals surface area contributed by atoms with Gasteiger partial charge >= 0.3 is 0 Å². The first-order chi connectivity index (χ1) is 15.1. The lowest BCUT2D eigenvalue weighted by atomic mass is 10.1. The molecule has 2 heterocycles. The Balaban J connectivity index is 1.49. The normalized spacial score (nSPS) is 11.5. The number of carbonyl (C=O) groups is 2. The Kier molecular flexibility index (Phi) is 5.84. The Bertz CT molecular complexity index is 1170. The number of nitrogens with one attached hydrogen (secondary N) is 2. The molecule has 7 nitrogen and oxygen atoms in total. The van der Waals surface area contributed by atoms with E-state index in [9.17, 15) is 9.59 Å². The molecule has 0 aliphatic carbocycles. The lowest BCUT2D eigenvalue weighted by molar-refractivity contribution is 0.0940. The maximum absolute atomic E-state index is 12.9. The topological polar surface area (TPSA) is 88.9 Å². The number of carbonyl (C=O) groups excluding carboxylic acids is 2. The van der Waals surface area contributed by atoms with Crippen LogP contribution in [0.15, 0.2) is 91.4 Å². The highest BCUT2D eigenvalue weighted by atomic mass is 16.2. The van der Waals surface area contributed by atoms with Crippen molar-refractivity contribution >= 4 is 17.5 Å². The van der Waals surface area contributed by atoms with Gasteiger partial charge in [0.05, 0.1) is 0 Å². The number of aryl methyl sites for hydroxylation is 1. The van der Waals surface area contributed by atoms with Crippen LogP contribution in [0.1, 0.15) is 38.3 Å². The van der Waals surface area contributed by atoms with Crippen LogP contribution in [-0.2, 0) is 7.05 Å². The van der Waals surface area contributed by atoms with Crippen molar-refractivity contribution in [3.63, 3.8) is 0 Å². The van der Waals surface area contributed by atoms with Gasteiger partial charge < -0.3 is 15.2 Å². The molecular weight excluding hydrogens is 390 g/mol. The van der Waals surface area contributed by atoms with Gasteiger partial charge in [0.1, 0.15) is 17.6 Å². The third-order valence-electron chi connectivity index (χ3n) is 4.83. The third-order valence-corrected chi connectivity index (χ3v) is 4.83. The van der Waals surface area contributed by atoms with Gasteiger partial charge in [-0.1, -0.05) is 36.4 Å². The number of anilines is 1. The minimum absolute atomic E-state index is 0.237. The molecule has 1 unspecified atom stereocenters. The third kappa shape index (κ3) is 4.67. The lowest BCUT2D eigenvalue weighted by Gasteiger charge is -2.19. The van der Waals surface area contributed by atoms with Crippen molar-refractivity contribution in [2.45, 2.75) is 6.04 Å². The van der Waals surface area contributed by atoms with Crippen LogP contribution in [0, 0.1) is 0 Å². The Morgan fingerprint density at radius 2 is 1.58 bits per heavy atom. The summed E-state index contributed by atoms with van der Waals surface area (Å²) < 4.78 is 1.88. The van der Waals surface area contributed by atoms with E-state index in [0.29, 0.717) is 16.9 Å². The average Bonchev–Trinajstić information content (AvgIpc) is 3.24. The fraction of sp³-hybridized carbons (Fsp3) is 0.0833. The molecule has 2 amide bonds. The standard InChI is InChI=1S/C24H21N5O2/c1-29-16-15-26-22(29)21(17-7-3-2-4-8-17)28-23(30)18-10-12-19(13-11-18)27-24(31)20-9-5-6-14-25-20/h2-16,21H,1H3,(H,27,31)(H,28,30). The predicted molar refractivity (Wildman–Crippen MR) is 118 cm³/mol. The number of imidazole rings is 1. The van der Waals surface area contributed by atoms with E-state index in [1.165, 1.54) is 0 Å². The first kappa shape index (κ1) is 20.0. The van der Waals surface area contributed by atoms with Crippen molar-refractivity contribution in [3.8, 4) is 0 Å². The van der Waals surface area contributed by atoms with Gasteiger partial charge in [-0.15, -0.1) is 0 Å². The number of amides is 2. The molecule has 0 saturated heterocycles. The predicted octanol–water partition coefficient (Wildman–Crippen LogP) is 3.59. The number of hydrogen-bond acceptors (Lipinski definition) is 4. The van der Waals surface area contributed by atoms with Crippen LogP contribution < -0.4 is 10.6 Å². The first-order valence-electron chi connectivity index (χ1n) is 9.77. The van der Waals surface area contributed by atoms with Crippen LogP contribution in [-0.4, -0.2) is 26.3 Å². The largest absolute Gasteiger partial charge is 0.338 e. The van der Waals surface area contributed by atoms with E-state index in [-0.39, 0.29) is 11.8 Å². The minimum Gasteiger partial charge on any atom is -0.338 e. The summed E-state index contributed by atoms with van der Waals surface area (Å²) in [5.41, 5.74) is 2.32. The van der Waals surface area contributed by atoms with E-state index in [2.05, 4.69) is 20.6 Å². The zero-order valence-corrected chi connectivity index (χ0v) is 16.9.